The van der Waals surface area contributed by atoms with Crippen LogP contribution in [-0.4, -0.2) is 24.0 Å². The van der Waals surface area contributed by atoms with Crippen LogP contribution in [0.5, 0.6) is 0 Å². The smallest absolute Gasteiger partial charge is 0.242 e. The Morgan fingerprint density at radius 1 is 1.58 bits per heavy atom. The van der Waals surface area contributed by atoms with Crippen molar-refractivity contribution >= 4 is 17.2 Å². The average molecular weight is 279 g/mol. The van der Waals surface area contributed by atoms with Crippen molar-refractivity contribution in [3.05, 3.63) is 28.2 Å². The minimum absolute atomic E-state index is 0.0572. The van der Waals surface area contributed by atoms with Gasteiger partial charge in [-0.25, -0.2) is 4.98 Å². The number of amides is 1. The van der Waals surface area contributed by atoms with E-state index in [9.17, 15) is 4.79 Å². The summed E-state index contributed by atoms with van der Waals surface area (Å²) in [4.78, 5) is 17.7. The zero-order chi connectivity index (χ0) is 13.7. The summed E-state index contributed by atoms with van der Waals surface area (Å²) in [5.41, 5.74) is 2.83. The van der Waals surface area contributed by atoms with E-state index >= 15 is 0 Å². The van der Waals surface area contributed by atoms with E-state index in [0.717, 1.165) is 36.3 Å². The van der Waals surface area contributed by atoms with Gasteiger partial charge in [0.25, 0.3) is 0 Å². The van der Waals surface area contributed by atoms with Crippen LogP contribution in [-0.2, 0) is 11.2 Å². The normalized spacial score (nSPS) is 20.2. The maximum atomic E-state index is 12.4. The maximum absolute atomic E-state index is 12.4. The van der Waals surface area contributed by atoms with Crippen molar-refractivity contribution in [1.29, 1.82) is 0 Å². The number of rotatable bonds is 5. The summed E-state index contributed by atoms with van der Waals surface area (Å²) in [5.74, 6) is 0.0572. The van der Waals surface area contributed by atoms with Gasteiger partial charge in [-0.2, -0.15) is 0 Å². The first-order chi connectivity index (χ1) is 9.26. The van der Waals surface area contributed by atoms with Crippen molar-refractivity contribution < 1.29 is 4.79 Å². The molecule has 1 heterocycles. The number of carbonyl (C=O) groups excluding carboxylic acids is 1. The predicted octanol–water partition coefficient (Wildman–Crippen LogP) is 2.19. The van der Waals surface area contributed by atoms with E-state index in [0.29, 0.717) is 0 Å². The van der Waals surface area contributed by atoms with Gasteiger partial charge in [0.1, 0.15) is 6.04 Å². The molecular weight excluding hydrogens is 258 g/mol. The molecule has 19 heavy (non-hydrogen) atoms. The van der Waals surface area contributed by atoms with Crippen LogP contribution in [0.2, 0.25) is 0 Å². The molecule has 0 radical (unpaired) electrons. The number of nitrogens with one attached hydrogen (secondary N) is 2. The van der Waals surface area contributed by atoms with Crippen LogP contribution in [0, 0.1) is 0 Å². The van der Waals surface area contributed by atoms with E-state index in [4.69, 9.17) is 0 Å². The lowest BCUT2D eigenvalue weighted by Crippen LogP contribution is -2.42. The number of hydrogen-bond acceptors (Lipinski definition) is 4. The molecule has 0 fully saturated rings. The van der Waals surface area contributed by atoms with E-state index in [-0.39, 0.29) is 18.0 Å². The molecule has 2 rings (SSSR count). The topological polar surface area (TPSA) is 54.0 Å². The lowest BCUT2D eigenvalue weighted by Gasteiger charge is -2.23. The van der Waals surface area contributed by atoms with Crippen molar-refractivity contribution in [2.24, 2.45) is 0 Å². The van der Waals surface area contributed by atoms with Gasteiger partial charge < -0.3 is 10.6 Å². The molecule has 104 valence electrons. The molecule has 0 aliphatic heterocycles. The second kappa shape index (κ2) is 6.82. The monoisotopic (exact) mass is 279 g/mol. The third-order valence-electron chi connectivity index (χ3n) is 3.44. The highest BCUT2D eigenvalue weighted by Gasteiger charge is 2.25. The van der Waals surface area contributed by atoms with Crippen molar-refractivity contribution in [2.75, 3.05) is 7.05 Å². The minimum atomic E-state index is -0.284. The SMILES string of the molecule is CCc1ncsc1C(NC)C(=O)NC1CC=CCC1. The van der Waals surface area contributed by atoms with E-state index < -0.39 is 0 Å². The first-order valence-corrected chi connectivity index (χ1v) is 7.69. The van der Waals surface area contributed by atoms with Gasteiger partial charge in [-0.15, -0.1) is 11.3 Å². The van der Waals surface area contributed by atoms with Gasteiger partial charge in [0.15, 0.2) is 0 Å². The zero-order valence-electron chi connectivity index (χ0n) is 11.5. The summed E-state index contributed by atoms with van der Waals surface area (Å²) in [6, 6.07) is -0.0142. The van der Waals surface area contributed by atoms with Gasteiger partial charge in [-0.1, -0.05) is 19.1 Å². The van der Waals surface area contributed by atoms with Gasteiger partial charge >= 0.3 is 0 Å². The molecule has 0 saturated carbocycles. The molecule has 1 aliphatic carbocycles. The molecule has 1 aromatic rings. The van der Waals surface area contributed by atoms with E-state index in [1.54, 1.807) is 11.3 Å². The Labute approximate surface area is 118 Å². The first-order valence-electron chi connectivity index (χ1n) is 6.81. The average Bonchev–Trinajstić information content (AvgIpc) is 2.89. The number of thiazole rings is 1. The summed E-state index contributed by atoms with van der Waals surface area (Å²) in [6.45, 7) is 2.06. The van der Waals surface area contributed by atoms with Crippen molar-refractivity contribution in [2.45, 2.75) is 44.7 Å². The molecule has 1 aliphatic rings. The number of allylic oxidation sites excluding steroid dienone is 1. The van der Waals surface area contributed by atoms with Gasteiger partial charge in [0.05, 0.1) is 16.1 Å². The van der Waals surface area contributed by atoms with Gasteiger partial charge in [-0.3, -0.25) is 4.79 Å². The molecule has 1 amide bonds. The van der Waals surface area contributed by atoms with Gasteiger partial charge in [-0.05, 0) is 32.7 Å². The van der Waals surface area contributed by atoms with Crippen LogP contribution in [0.3, 0.4) is 0 Å². The molecular formula is C14H21N3OS. The fraction of sp³-hybridized carbons (Fsp3) is 0.571. The fourth-order valence-electron chi connectivity index (χ4n) is 2.37. The lowest BCUT2D eigenvalue weighted by molar-refractivity contribution is -0.123. The molecule has 0 bridgehead atoms. The lowest BCUT2D eigenvalue weighted by atomic mass is 10.0. The minimum Gasteiger partial charge on any atom is -0.351 e. The van der Waals surface area contributed by atoms with E-state index in [1.807, 2.05) is 12.6 Å². The Morgan fingerprint density at radius 2 is 2.42 bits per heavy atom. The summed E-state index contributed by atoms with van der Waals surface area (Å²) < 4.78 is 0. The number of carbonyl (C=O) groups is 1. The predicted molar refractivity (Wildman–Crippen MR) is 78.2 cm³/mol. The molecule has 4 nitrogen and oxygen atoms in total. The Morgan fingerprint density at radius 3 is 3.05 bits per heavy atom. The zero-order valence-corrected chi connectivity index (χ0v) is 12.3. The number of aromatic nitrogens is 1. The van der Waals surface area contributed by atoms with Crippen molar-refractivity contribution in [3.8, 4) is 0 Å². The molecule has 5 heteroatoms. The Hall–Kier alpha value is -1.20. The molecule has 2 N–H and O–H groups in total. The molecule has 0 spiro atoms. The molecule has 2 atom stereocenters. The Balaban J connectivity index is 2.04. The molecule has 0 saturated heterocycles. The summed E-state index contributed by atoms with van der Waals surface area (Å²) in [5, 5.41) is 6.24. The quantitative estimate of drug-likeness (QED) is 0.812. The van der Waals surface area contributed by atoms with Crippen molar-refractivity contribution in [3.63, 3.8) is 0 Å². The number of nitrogens with zero attached hydrogens (tertiary/aromatic N) is 1. The second-order valence-corrected chi connectivity index (χ2v) is 5.61. The van der Waals surface area contributed by atoms with Crippen molar-refractivity contribution in [1.82, 2.24) is 15.6 Å². The van der Waals surface area contributed by atoms with Crippen LogP contribution in [0.15, 0.2) is 17.7 Å². The van der Waals surface area contributed by atoms with Gasteiger partial charge in [0, 0.05) is 6.04 Å². The molecule has 2 unspecified atom stereocenters. The highest BCUT2D eigenvalue weighted by molar-refractivity contribution is 7.10. The van der Waals surface area contributed by atoms with E-state index in [2.05, 4.69) is 34.7 Å². The highest BCUT2D eigenvalue weighted by Crippen LogP contribution is 2.23. The van der Waals surface area contributed by atoms with Crippen LogP contribution in [0.4, 0.5) is 0 Å². The Kier molecular flexibility index (Phi) is 5.10. The first kappa shape index (κ1) is 14.2. The summed E-state index contributed by atoms with van der Waals surface area (Å²) >= 11 is 1.55. The fourth-order valence-corrected chi connectivity index (χ4v) is 3.36. The van der Waals surface area contributed by atoms with Crippen LogP contribution >= 0.6 is 11.3 Å². The Bertz CT molecular complexity index is 455. The maximum Gasteiger partial charge on any atom is 0.242 e. The van der Waals surface area contributed by atoms with Crippen LogP contribution in [0.1, 0.15) is 42.8 Å². The summed E-state index contributed by atoms with van der Waals surface area (Å²) in [7, 11) is 1.82. The third kappa shape index (κ3) is 3.42. The third-order valence-corrected chi connectivity index (χ3v) is 4.37. The summed E-state index contributed by atoms with van der Waals surface area (Å²) in [6.07, 6.45) is 8.20. The highest BCUT2D eigenvalue weighted by atomic mass is 32.1. The van der Waals surface area contributed by atoms with Crippen LogP contribution in [0.25, 0.3) is 0 Å². The second-order valence-electron chi connectivity index (χ2n) is 4.73. The van der Waals surface area contributed by atoms with Gasteiger partial charge in [0.2, 0.25) is 5.91 Å². The number of aryl methyl sites for hydroxylation is 1. The molecule has 1 aromatic heterocycles. The van der Waals surface area contributed by atoms with E-state index in [1.165, 1.54) is 0 Å². The number of likely N-dealkylation sites (N-methyl/N-ethyl adjacent to an activating group) is 1. The standard InChI is InChI=1S/C14H21N3OS/c1-3-11-13(19-9-16-11)12(15-2)14(18)17-10-7-5-4-6-8-10/h4-5,9-10,12,15H,3,6-8H2,1-2H3,(H,17,18). The number of hydrogen-bond donors (Lipinski definition) is 2. The largest absolute Gasteiger partial charge is 0.351 e. The molecule has 0 aromatic carbocycles. The van der Waals surface area contributed by atoms with Crippen LogP contribution < -0.4 is 10.6 Å².